The van der Waals surface area contributed by atoms with Gasteiger partial charge in [-0.05, 0) is 43.7 Å². The minimum absolute atomic E-state index is 0.0230. The maximum absolute atomic E-state index is 12.7. The second-order valence-corrected chi connectivity index (χ2v) is 5.61. The number of furan rings is 1. The van der Waals surface area contributed by atoms with Crippen LogP contribution in [0.15, 0.2) is 40.8 Å². The summed E-state index contributed by atoms with van der Waals surface area (Å²) in [5.74, 6) is 0.760. The molecule has 0 saturated heterocycles. The van der Waals surface area contributed by atoms with Gasteiger partial charge in [0.1, 0.15) is 17.1 Å². The number of non-ortho nitro benzene ring substituents is 1. The minimum Gasteiger partial charge on any atom is -0.497 e. The van der Waals surface area contributed by atoms with Crippen LogP contribution < -0.4 is 10.1 Å². The molecule has 1 N–H and O–H groups in total. The minimum atomic E-state index is -0.474. The number of benzene rings is 2. The Hall–Kier alpha value is -3.35. The number of nitro benzene ring substituents is 1. The van der Waals surface area contributed by atoms with Gasteiger partial charge in [-0.15, -0.1) is 0 Å². The summed E-state index contributed by atoms with van der Waals surface area (Å²) in [5, 5.41) is 14.3. The average Bonchev–Trinajstić information content (AvgIpc) is 2.91. The predicted molar refractivity (Wildman–Crippen MR) is 93.3 cm³/mol. The maximum Gasteiger partial charge on any atom is 0.269 e. The molecule has 0 unspecified atom stereocenters. The van der Waals surface area contributed by atoms with Crippen LogP contribution in [-0.4, -0.2) is 17.9 Å². The third-order valence-corrected chi connectivity index (χ3v) is 3.97. The predicted octanol–water partition coefficient (Wildman–Crippen LogP) is 4.22. The Labute approximate surface area is 143 Å². The molecule has 1 amide bonds. The van der Waals surface area contributed by atoms with E-state index < -0.39 is 4.92 Å². The summed E-state index contributed by atoms with van der Waals surface area (Å²) < 4.78 is 10.8. The van der Waals surface area contributed by atoms with Crippen LogP contribution in [0.25, 0.3) is 11.0 Å². The highest BCUT2D eigenvalue weighted by molar-refractivity contribution is 6.13. The topological polar surface area (TPSA) is 94.6 Å². The van der Waals surface area contributed by atoms with E-state index in [0.29, 0.717) is 39.3 Å². The molecule has 0 saturated carbocycles. The summed E-state index contributed by atoms with van der Waals surface area (Å²) in [6, 6.07) is 9.53. The number of anilines is 1. The zero-order valence-corrected chi connectivity index (χ0v) is 14.0. The van der Waals surface area contributed by atoms with E-state index in [9.17, 15) is 14.9 Å². The zero-order valence-electron chi connectivity index (χ0n) is 14.0. The summed E-state index contributed by atoms with van der Waals surface area (Å²) in [4.78, 5) is 23.1. The lowest BCUT2D eigenvalue weighted by molar-refractivity contribution is -0.384. The van der Waals surface area contributed by atoms with Crippen molar-refractivity contribution in [3.8, 4) is 5.75 Å². The van der Waals surface area contributed by atoms with Crippen LogP contribution in [0, 0.1) is 24.0 Å². The lowest BCUT2D eigenvalue weighted by Gasteiger charge is -2.08. The van der Waals surface area contributed by atoms with Crippen molar-refractivity contribution in [2.24, 2.45) is 0 Å². The van der Waals surface area contributed by atoms with E-state index in [4.69, 9.17) is 9.15 Å². The molecule has 0 spiro atoms. The van der Waals surface area contributed by atoms with Crippen molar-refractivity contribution >= 4 is 28.3 Å². The number of nitrogens with zero attached hydrogens (tertiary/aromatic N) is 1. The molecular formula is C18H16N2O5. The number of nitro groups is 1. The van der Waals surface area contributed by atoms with Crippen molar-refractivity contribution in [3.63, 3.8) is 0 Å². The molecule has 0 aliphatic rings. The smallest absolute Gasteiger partial charge is 0.269 e. The lowest BCUT2D eigenvalue weighted by Crippen LogP contribution is -2.13. The third kappa shape index (κ3) is 3.03. The van der Waals surface area contributed by atoms with E-state index in [-0.39, 0.29) is 11.6 Å². The summed E-state index contributed by atoms with van der Waals surface area (Å²) in [5.41, 5.74) is 2.08. The Kier molecular flexibility index (Phi) is 4.14. The molecule has 0 aliphatic heterocycles. The Bertz CT molecular complexity index is 991. The fourth-order valence-electron chi connectivity index (χ4n) is 2.69. The molecule has 0 radical (unpaired) electrons. The van der Waals surface area contributed by atoms with Crippen LogP contribution in [0.4, 0.5) is 11.4 Å². The number of hydrogen-bond acceptors (Lipinski definition) is 5. The molecule has 7 nitrogen and oxygen atoms in total. The van der Waals surface area contributed by atoms with Gasteiger partial charge in [-0.3, -0.25) is 14.9 Å². The van der Waals surface area contributed by atoms with Gasteiger partial charge in [0.25, 0.3) is 11.6 Å². The number of rotatable bonds is 4. The number of nitrogens with one attached hydrogen (secondary N) is 1. The van der Waals surface area contributed by atoms with Gasteiger partial charge in [0.15, 0.2) is 0 Å². The van der Waals surface area contributed by atoms with E-state index in [1.54, 1.807) is 39.2 Å². The number of methoxy groups -OCH3 is 1. The van der Waals surface area contributed by atoms with E-state index in [0.717, 1.165) is 0 Å². The quantitative estimate of drug-likeness (QED) is 0.567. The molecule has 0 aliphatic carbocycles. The fourth-order valence-corrected chi connectivity index (χ4v) is 2.69. The summed E-state index contributed by atoms with van der Waals surface area (Å²) in [6.45, 7) is 3.41. The number of carbonyl (C=O) groups is 1. The highest BCUT2D eigenvalue weighted by Crippen LogP contribution is 2.30. The van der Waals surface area contributed by atoms with Crippen molar-refractivity contribution in [3.05, 3.63) is 63.4 Å². The molecule has 2 aromatic carbocycles. The van der Waals surface area contributed by atoms with E-state index in [1.807, 2.05) is 0 Å². The molecule has 1 aromatic heterocycles. The molecule has 3 aromatic rings. The molecule has 0 fully saturated rings. The monoisotopic (exact) mass is 340 g/mol. The van der Waals surface area contributed by atoms with Crippen LogP contribution in [-0.2, 0) is 0 Å². The Morgan fingerprint density at radius 3 is 2.60 bits per heavy atom. The van der Waals surface area contributed by atoms with Crippen LogP contribution in [0.3, 0.4) is 0 Å². The summed E-state index contributed by atoms with van der Waals surface area (Å²) in [7, 11) is 1.55. The number of aryl methyl sites for hydroxylation is 2. The number of fused-ring (bicyclic) bond motifs is 1. The van der Waals surface area contributed by atoms with Crippen molar-refractivity contribution in [1.82, 2.24) is 0 Å². The van der Waals surface area contributed by atoms with E-state index in [2.05, 4.69) is 5.32 Å². The molecule has 0 atom stereocenters. The summed E-state index contributed by atoms with van der Waals surface area (Å²) >= 11 is 0. The van der Waals surface area contributed by atoms with Crippen molar-refractivity contribution < 1.29 is 18.9 Å². The number of amides is 1. The first-order valence-corrected chi connectivity index (χ1v) is 7.54. The first-order chi connectivity index (χ1) is 11.9. The molecule has 1 heterocycles. The zero-order chi connectivity index (χ0) is 18.1. The molecule has 3 rings (SSSR count). The first-order valence-electron chi connectivity index (χ1n) is 7.54. The molecule has 7 heteroatoms. The normalized spacial score (nSPS) is 10.7. The van der Waals surface area contributed by atoms with Crippen molar-refractivity contribution in [2.75, 3.05) is 12.4 Å². The highest BCUT2D eigenvalue weighted by atomic mass is 16.6. The molecule has 0 bridgehead atoms. The van der Waals surface area contributed by atoms with Crippen LogP contribution >= 0.6 is 0 Å². The lowest BCUT2D eigenvalue weighted by atomic mass is 10.1. The van der Waals surface area contributed by atoms with Gasteiger partial charge in [-0.25, -0.2) is 0 Å². The SMILES string of the molecule is COc1ccc2oc(C)c(C(=O)Nc3ccc([N+](=O)[O-])cc3C)c2c1. The van der Waals surface area contributed by atoms with Gasteiger partial charge in [0.2, 0.25) is 0 Å². The Morgan fingerprint density at radius 1 is 1.20 bits per heavy atom. The van der Waals surface area contributed by atoms with E-state index in [1.165, 1.54) is 18.2 Å². The van der Waals surface area contributed by atoms with Gasteiger partial charge in [0, 0.05) is 23.2 Å². The highest BCUT2D eigenvalue weighted by Gasteiger charge is 2.20. The van der Waals surface area contributed by atoms with Gasteiger partial charge >= 0.3 is 0 Å². The van der Waals surface area contributed by atoms with Gasteiger partial charge in [0.05, 0.1) is 17.6 Å². The van der Waals surface area contributed by atoms with E-state index >= 15 is 0 Å². The number of ether oxygens (including phenoxy) is 1. The average molecular weight is 340 g/mol. The molecule has 128 valence electrons. The summed E-state index contributed by atoms with van der Waals surface area (Å²) in [6.07, 6.45) is 0. The molecule has 25 heavy (non-hydrogen) atoms. The van der Waals surface area contributed by atoms with Gasteiger partial charge in [-0.1, -0.05) is 0 Å². The Morgan fingerprint density at radius 2 is 1.96 bits per heavy atom. The Balaban J connectivity index is 1.97. The second kappa shape index (κ2) is 6.27. The largest absolute Gasteiger partial charge is 0.497 e. The van der Waals surface area contributed by atoms with Crippen LogP contribution in [0.2, 0.25) is 0 Å². The van der Waals surface area contributed by atoms with Crippen molar-refractivity contribution in [1.29, 1.82) is 0 Å². The van der Waals surface area contributed by atoms with Crippen LogP contribution in [0.1, 0.15) is 21.7 Å². The second-order valence-electron chi connectivity index (χ2n) is 5.61. The number of hydrogen-bond donors (Lipinski definition) is 1. The standard InChI is InChI=1S/C18H16N2O5/c1-10-8-12(20(22)23)4-6-15(10)19-18(21)17-11(2)25-16-7-5-13(24-3)9-14(16)17/h4-9H,1-3H3,(H,19,21). The third-order valence-electron chi connectivity index (χ3n) is 3.97. The maximum atomic E-state index is 12.7. The fraction of sp³-hybridized carbons (Fsp3) is 0.167. The van der Waals surface area contributed by atoms with Crippen molar-refractivity contribution in [2.45, 2.75) is 13.8 Å². The van der Waals surface area contributed by atoms with Gasteiger partial charge in [-0.2, -0.15) is 0 Å². The van der Waals surface area contributed by atoms with Crippen LogP contribution in [0.5, 0.6) is 5.75 Å². The number of carbonyl (C=O) groups excluding carboxylic acids is 1. The molecular weight excluding hydrogens is 324 g/mol. The van der Waals surface area contributed by atoms with Gasteiger partial charge < -0.3 is 14.5 Å². The first kappa shape index (κ1) is 16.5.